The normalized spacial score (nSPS) is 15.5. The first-order valence-corrected chi connectivity index (χ1v) is 12.8. The minimum Gasteiger partial charge on any atom is -0.506 e. The molecule has 0 saturated carbocycles. The van der Waals surface area contributed by atoms with Gasteiger partial charge >= 0.3 is 5.97 Å². The number of hydrogen-bond acceptors (Lipinski definition) is 6. The third-order valence-electron chi connectivity index (χ3n) is 5.63. The quantitative estimate of drug-likeness (QED) is 0.329. The van der Waals surface area contributed by atoms with Gasteiger partial charge in [0.1, 0.15) is 28.7 Å². The highest BCUT2D eigenvalue weighted by Gasteiger charge is 2.33. The summed E-state index contributed by atoms with van der Waals surface area (Å²) in [6, 6.07) is 23.6. The monoisotopic (exact) mass is 499 g/mol. The molecule has 0 radical (unpaired) electrons. The Morgan fingerprint density at radius 1 is 1.00 bits per heavy atom. The highest BCUT2D eigenvalue weighted by Crippen LogP contribution is 2.41. The molecule has 1 N–H and O–H groups in total. The summed E-state index contributed by atoms with van der Waals surface area (Å²) in [5.41, 5.74) is 5.01. The summed E-state index contributed by atoms with van der Waals surface area (Å²) in [7, 11) is 0. The van der Waals surface area contributed by atoms with Gasteiger partial charge < -0.3 is 14.6 Å². The van der Waals surface area contributed by atoms with E-state index in [9.17, 15) is 9.90 Å². The molecule has 0 amide bonds. The molecule has 0 bridgehead atoms. The van der Waals surface area contributed by atoms with Crippen LogP contribution in [0.3, 0.4) is 0 Å². The molecule has 0 aliphatic carbocycles. The molecule has 3 aromatic carbocycles. The van der Waals surface area contributed by atoms with Gasteiger partial charge in [-0.15, -0.1) is 0 Å². The van der Waals surface area contributed by atoms with Gasteiger partial charge in [0.05, 0.1) is 17.2 Å². The van der Waals surface area contributed by atoms with Gasteiger partial charge in [0.25, 0.3) is 0 Å². The first-order chi connectivity index (χ1) is 17.5. The second kappa shape index (κ2) is 11.8. The number of ether oxygens (including phenoxy) is 2. The number of aliphatic hydroxyl groups excluding tert-OH is 1. The van der Waals surface area contributed by atoms with E-state index in [0.29, 0.717) is 28.0 Å². The van der Waals surface area contributed by atoms with Gasteiger partial charge in [-0.25, -0.2) is 9.79 Å². The molecule has 0 spiro atoms. The van der Waals surface area contributed by atoms with Crippen LogP contribution in [-0.2, 0) is 22.6 Å². The van der Waals surface area contributed by atoms with Gasteiger partial charge in [0, 0.05) is 5.56 Å². The fraction of sp³-hybridized carbons (Fsp3) is 0.200. The van der Waals surface area contributed by atoms with E-state index in [1.165, 1.54) is 22.9 Å². The zero-order valence-electron chi connectivity index (χ0n) is 20.7. The van der Waals surface area contributed by atoms with E-state index in [4.69, 9.17) is 9.47 Å². The largest absolute Gasteiger partial charge is 0.506 e. The molecule has 1 heterocycles. The lowest BCUT2D eigenvalue weighted by molar-refractivity contribution is -0.138. The number of para-hydroxylation sites is 1. The summed E-state index contributed by atoms with van der Waals surface area (Å²) in [6.07, 6.45) is 2.74. The van der Waals surface area contributed by atoms with Gasteiger partial charge in [0.2, 0.25) is 0 Å². The maximum atomic E-state index is 12.7. The van der Waals surface area contributed by atoms with E-state index in [1.807, 2.05) is 79.7 Å². The summed E-state index contributed by atoms with van der Waals surface area (Å²) in [6.45, 7) is 6.49. The number of aliphatic hydroxyl groups is 1. The maximum Gasteiger partial charge on any atom is 0.344 e. The zero-order chi connectivity index (χ0) is 25.5. The second-order valence-corrected chi connectivity index (χ2v) is 9.34. The minimum absolute atomic E-state index is 0.0748. The van der Waals surface area contributed by atoms with Crippen LogP contribution in [-0.4, -0.2) is 22.7 Å². The van der Waals surface area contributed by atoms with Crippen LogP contribution in [0.5, 0.6) is 5.75 Å². The Kier molecular flexibility index (Phi) is 8.28. The molecule has 1 aliphatic rings. The molecule has 36 heavy (non-hydrogen) atoms. The topological polar surface area (TPSA) is 68.1 Å². The van der Waals surface area contributed by atoms with Crippen LogP contribution in [0.15, 0.2) is 94.0 Å². The number of esters is 1. The fourth-order valence-electron chi connectivity index (χ4n) is 3.75. The molecule has 0 aromatic heterocycles. The van der Waals surface area contributed by atoms with Crippen LogP contribution in [0.1, 0.15) is 36.1 Å². The van der Waals surface area contributed by atoms with Crippen molar-refractivity contribution in [2.45, 2.75) is 33.8 Å². The summed E-state index contributed by atoms with van der Waals surface area (Å²) < 4.78 is 11.3. The van der Waals surface area contributed by atoms with Crippen molar-refractivity contribution in [3.8, 4) is 5.75 Å². The summed E-state index contributed by atoms with van der Waals surface area (Å²) in [5, 5.41) is 11.4. The number of aliphatic imine (C=N–C) groups is 1. The molecule has 6 heteroatoms. The lowest BCUT2D eigenvalue weighted by atomic mass is 10.1. The Hall–Kier alpha value is -3.77. The fourth-order valence-corrected chi connectivity index (χ4v) is 4.78. The summed E-state index contributed by atoms with van der Waals surface area (Å²) in [4.78, 5) is 17.9. The predicted molar refractivity (Wildman–Crippen MR) is 147 cm³/mol. The third-order valence-corrected chi connectivity index (χ3v) is 6.65. The molecular formula is C30H29NO4S. The Labute approximate surface area is 216 Å². The molecule has 0 unspecified atom stereocenters. The third kappa shape index (κ3) is 6.07. The Morgan fingerprint density at radius 2 is 1.78 bits per heavy atom. The van der Waals surface area contributed by atoms with E-state index >= 15 is 0 Å². The molecule has 3 aromatic rings. The smallest absolute Gasteiger partial charge is 0.344 e. The number of hydrogen-bond donors (Lipinski definition) is 1. The van der Waals surface area contributed by atoms with E-state index in [2.05, 4.69) is 18.0 Å². The van der Waals surface area contributed by atoms with Crippen molar-refractivity contribution in [2.75, 3.05) is 6.61 Å². The SMILES string of the molecule is CCOC(=O)C1=C(O)C(=Cc2ccccc2OCc2cccc(C)c2)SC1=Nc1ccc(CC)cc1. The van der Waals surface area contributed by atoms with E-state index in [0.717, 1.165) is 17.5 Å². The van der Waals surface area contributed by atoms with Crippen molar-refractivity contribution < 1.29 is 19.4 Å². The zero-order valence-corrected chi connectivity index (χ0v) is 21.5. The highest BCUT2D eigenvalue weighted by atomic mass is 32.2. The Balaban J connectivity index is 1.65. The molecule has 0 fully saturated rings. The first-order valence-electron chi connectivity index (χ1n) is 11.9. The molecule has 184 valence electrons. The predicted octanol–water partition coefficient (Wildman–Crippen LogP) is 7.33. The molecule has 4 rings (SSSR count). The number of aryl methyl sites for hydroxylation is 2. The minimum atomic E-state index is -0.598. The van der Waals surface area contributed by atoms with Crippen molar-refractivity contribution in [3.05, 3.63) is 111 Å². The molecule has 5 nitrogen and oxygen atoms in total. The molecular weight excluding hydrogens is 470 g/mol. The Bertz CT molecular complexity index is 1340. The van der Waals surface area contributed by atoms with Crippen molar-refractivity contribution in [3.63, 3.8) is 0 Å². The number of carbonyl (C=O) groups is 1. The summed E-state index contributed by atoms with van der Waals surface area (Å²) >= 11 is 1.24. The van der Waals surface area contributed by atoms with Crippen molar-refractivity contribution in [1.29, 1.82) is 0 Å². The maximum absolute atomic E-state index is 12.7. The van der Waals surface area contributed by atoms with Gasteiger partial charge in [0.15, 0.2) is 0 Å². The number of benzene rings is 3. The van der Waals surface area contributed by atoms with Crippen LogP contribution in [0, 0.1) is 6.92 Å². The highest BCUT2D eigenvalue weighted by molar-refractivity contribution is 8.18. The van der Waals surface area contributed by atoms with Crippen LogP contribution in [0.2, 0.25) is 0 Å². The van der Waals surface area contributed by atoms with E-state index < -0.39 is 5.97 Å². The molecule has 0 atom stereocenters. The van der Waals surface area contributed by atoms with Crippen LogP contribution in [0.4, 0.5) is 5.69 Å². The van der Waals surface area contributed by atoms with E-state index in [1.54, 1.807) is 6.92 Å². The molecule has 1 aliphatic heterocycles. The number of nitrogens with zero attached hydrogens (tertiary/aromatic N) is 1. The average Bonchev–Trinajstić information content (AvgIpc) is 3.18. The van der Waals surface area contributed by atoms with Crippen LogP contribution in [0.25, 0.3) is 6.08 Å². The first kappa shape index (κ1) is 25.3. The lowest BCUT2D eigenvalue weighted by Crippen LogP contribution is -2.12. The van der Waals surface area contributed by atoms with Crippen LogP contribution < -0.4 is 4.74 Å². The van der Waals surface area contributed by atoms with Gasteiger partial charge in [-0.05, 0) is 55.7 Å². The van der Waals surface area contributed by atoms with Crippen LogP contribution >= 0.6 is 11.8 Å². The van der Waals surface area contributed by atoms with Gasteiger partial charge in [-0.1, -0.05) is 78.8 Å². The second-order valence-electron chi connectivity index (χ2n) is 8.31. The molecule has 0 saturated heterocycles. The Morgan fingerprint density at radius 3 is 2.50 bits per heavy atom. The number of rotatable bonds is 8. The average molecular weight is 500 g/mol. The van der Waals surface area contributed by atoms with Crippen molar-refractivity contribution in [1.82, 2.24) is 0 Å². The lowest BCUT2D eigenvalue weighted by Gasteiger charge is -2.10. The number of carbonyl (C=O) groups excluding carboxylic acids is 1. The number of thioether (sulfide) groups is 1. The van der Waals surface area contributed by atoms with Crippen molar-refractivity contribution >= 4 is 34.5 Å². The summed E-state index contributed by atoms with van der Waals surface area (Å²) in [5.74, 6) is -0.0622. The van der Waals surface area contributed by atoms with Crippen molar-refractivity contribution in [2.24, 2.45) is 4.99 Å². The standard InChI is InChI=1S/C30H29NO4S/c1-4-21-13-15-24(16-14-21)31-29-27(30(33)34-5-2)28(32)26(36-29)18-23-11-6-7-12-25(23)35-19-22-10-8-9-20(3)17-22/h6-18,32H,4-5,19H2,1-3H3. The van der Waals surface area contributed by atoms with Gasteiger partial charge in [-0.3, -0.25) is 0 Å². The van der Waals surface area contributed by atoms with E-state index in [-0.39, 0.29) is 17.9 Å². The van der Waals surface area contributed by atoms with Gasteiger partial charge in [-0.2, -0.15) is 0 Å².